The zero-order valence-electron chi connectivity index (χ0n) is 13.7. The fraction of sp³-hybridized carbons (Fsp3) is 0.0476. The van der Waals surface area contributed by atoms with E-state index >= 15 is 0 Å². The van der Waals surface area contributed by atoms with Crippen LogP contribution in [0.5, 0.6) is 11.5 Å². The largest absolute Gasteiger partial charge is 0.478 e. The van der Waals surface area contributed by atoms with E-state index in [1.807, 2.05) is 48.5 Å². The van der Waals surface area contributed by atoms with E-state index in [0.29, 0.717) is 17.2 Å². The van der Waals surface area contributed by atoms with E-state index in [2.05, 4.69) is 5.32 Å². The molecule has 2 N–H and O–H groups in total. The van der Waals surface area contributed by atoms with Crippen LogP contribution in [0, 0.1) is 0 Å². The lowest BCUT2D eigenvalue weighted by atomic mass is 9.87. The summed E-state index contributed by atoms with van der Waals surface area (Å²) in [6.45, 7) is 0. The van der Waals surface area contributed by atoms with E-state index < -0.39 is 11.9 Å². The standard InChI is InChI=1S/C21H15NO4/c23-20(22-14-7-5-6-13(12-14)21(24)25)19-15-8-1-3-10-17(15)26-18-11-4-2-9-16(18)19/h1-12,19H,(H,22,23)(H,24,25). The average molecular weight is 345 g/mol. The Morgan fingerprint density at radius 2 is 1.46 bits per heavy atom. The Labute approximate surface area is 149 Å². The molecule has 26 heavy (non-hydrogen) atoms. The first-order chi connectivity index (χ1) is 12.6. The number of carbonyl (C=O) groups is 2. The average Bonchev–Trinajstić information content (AvgIpc) is 2.66. The first-order valence-electron chi connectivity index (χ1n) is 8.13. The van der Waals surface area contributed by atoms with Crippen LogP contribution in [0.2, 0.25) is 0 Å². The number of ether oxygens (including phenoxy) is 1. The third-order valence-electron chi connectivity index (χ3n) is 4.32. The predicted octanol–water partition coefficient (Wildman–Crippen LogP) is 4.26. The summed E-state index contributed by atoms with van der Waals surface area (Å²) in [4.78, 5) is 24.2. The van der Waals surface area contributed by atoms with Gasteiger partial charge in [-0.3, -0.25) is 4.79 Å². The normalized spacial score (nSPS) is 12.5. The van der Waals surface area contributed by atoms with Gasteiger partial charge >= 0.3 is 5.97 Å². The van der Waals surface area contributed by atoms with E-state index in [4.69, 9.17) is 9.84 Å². The van der Waals surface area contributed by atoms with E-state index in [1.54, 1.807) is 12.1 Å². The van der Waals surface area contributed by atoms with Crippen molar-refractivity contribution in [1.29, 1.82) is 0 Å². The molecule has 5 nitrogen and oxygen atoms in total. The molecule has 4 rings (SSSR count). The second kappa shape index (κ2) is 6.37. The van der Waals surface area contributed by atoms with Crippen molar-refractivity contribution in [1.82, 2.24) is 0 Å². The number of aromatic carboxylic acids is 1. The van der Waals surface area contributed by atoms with Gasteiger partial charge in [0.2, 0.25) is 5.91 Å². The Bertz CT molecular complexity index is 967. The lowest BCUT2D eigenvalue weighted by molar-refractivity contribution is -0.116. The van der Waals surface area contributed by atoms with Crippen LogP contribution in [0.25, 0.3) is 0 Å². The van der Waals surface area contributed by atoms with Crippen molar-refractivity contribution in [2.45, 2.75) is 5.92 Å². The van der Waals surface area contributed by atoms with Gasteiger partial charge in [0.05, 0.1) is 11.5 Å². The minimum atomic E-state index is -1.04. The van der Waals surface area contributed by atoms with Crippen molar-refractivity contribution in [3.05, 3.63) is 89.5 Å². The number of nitrogens with one attached hydrogen (secondary N) is 1. The van der Waals surface area contributed by atoms with Crippen LogP contribution < -0.4 is 10.1 Å². The second-order valence-electron chi connectivity index (χ2n) is 5.99. The van der Waals surface area contributed by atoms with Crippen LogP contribution in [0.3, 0.4) is 0 Å². The summed E-state index contributed by atoms with van der Waals surface area (Å²) in [6.07, 6.45) is 0. The molecule has 0 spiro atoms. The van der Waals surface area contributed by atoms with E-state index in [1.165, 1.54) is 12.1 Å². The Morgan fingerprint density at radius 3 is 2.08 bits per heavy atom. The number of carboxylic acids is 1. The quantitative estimate of drug-likeness (QED) is 0.744. The molecule has 128 valence electrons. The first kappa shape index (κ1) is 15.9. The molecule has 0 radical (unpaired) electrons. The highest BCUT2D eigenvalue weighted by Crippen LogP contribution is 2.44. The van der Waals surface area contributed by atoms with Gasteiger partial charge in [0, 0.05) is 16.8 Å². The third-order valence-corrected chi connectivity index (χ3v) is 4.32. The molecule has 3 aromatic rings. The maximum Gasteiger partial charge on any atom is 0.335 e. The van der Waals surface area contributed by atoms with Gasteiger partial charge in [-0.05, 0) is 30.3 Å². The third kappa shape index (κ3) is 2.80. The number of benzene rings is 3. The van der Waals surface area contributed by atoms with Gasteiger partial charge in [-0.1, -0.05) is 42.5 Å². The summed E-state index contributed by atoms with van der Waals surface area (Å²) < 4.78 is 5.90. The van der Waals surface area contributed by atoms with Crippen molar-refractivity contribution < 1.29 is 19.4 Å². The van der Waals surface area contributed by atoms with E-state index in [0.717, 1.165) is 11.1 Å². The molecule has 0 unspecified atom stereocenters. The highest BCUT2D eigenvalue weighted by atomic mass is 16.5. The number of carboxylic acid groups (broad SMARTS) is 1. The molecular weight excluding hydrogens is 330 g/mol. The minimum Gasteiger partial charge on any atom is -0.478 e. The number of amides is 1. The molecule has 1 aliphatic rings. The summed E-state index contributed by atoms with van der Waals surface area (Å²) in [5.74, 6) is -0.528. The smallest absolute Gasteiger partial charge is 0.335 e. The lowest BCUT2D eigenvalue weighted by Gasteiger charge is -2.27. The fourth-order valence-electron chi connectivity index (χ4n) is 3.14. The maximum atomic E-state index is 13.1. The Morgan fingerprint density at radius 1 is 0.846 bits per heavy atom. The Balaban J connectivity index is 1.72. The number of hydrogen-bond donors (Lipinski definition) is 2. The van der Waals surface area contributed by atoms with Gasteiger partial charge in [0.1, 0.15) is 11.5 Å². The molecule has 0 aromatic heterocycles. The molecule has 0 fully saturated rings. The fourth-order valence-corrected chi connectivity index (χ4v) is 3.14. The van der Waals surface area contributed by atoms with Crippen LogP contribution >= 0.6 is 0 Å². The molecule has 1 heterocycles. The van der Waals surface area contributed by atoms with Crippen LogP contribution in [-0.4, -0.2) is 17.0 Å². The molecule has 1 aliphatic heterocycles. The lowest BCUT2D eigenvalue weighted by Crippen LogP contribution is -2.25. The topological polar surface area (TPSA) is 75.6 Å². The Kier molecular flexibility index (Phi) is 3.89. The van der Waals surface area contributed by atoms with Gasteiger partial charge < -0.3 is 15.2 Å². The van der Waals surface area contributed by atoms with Gasteiger partial charge in [0.15, 0.2) is 0 Å². The van der Waals surface area contributed by atoms with Crippen molar-refractivity contribution >= 4 is 17.6 Å². The molecule has 5 heteroatoms. The summed E-state index contributed by atoms with van der Waals surface area (Å²) in [6, 6.07) is 21.0. The van der Waals surface area contributed by atoms with E-state index in [-0.39, 0.29) is 11.5 Å². The molecule has 3 aromatic carbocycles. The zero-order valence-corrected chi connectivity index (χ0v) is 13.7. The molecule has 0 bridgehead atoms. The summed E-state index contributed by atoms with van der Waals surface area (Å²) in [5, 5.41) is 12.0. The number of anilines is 1. The summed E-state index contributed by atoms with van der Waals surface area (Å²) in [5.41, 5.74) is 2.11. The van der Waals surface area contributed by atoms with Crippen LogP contribution in [0.15, 0.2) is 72.8 Å². The number of fused-ring (bicyclic) bond motifs is 2. The minimum absolute atomic E-state index is 0.121. The van der Waals surface area contributed by atoms with E-state index in [9.17, 15) is 9.59 Å². The van der Waals surface area contributed by atoms with Gasteiger partial charge in [-0.15, -0.1) is 0 Å². The number of rotatable bonds is 3. The highest BCUT2D eigenvalue weighted by molar-refractivity contribution is 6.00. The first-order valence-corrected chi connectivity index (χ1v) is 8.13. The van der Waals surface area contributed by atoms with Crippen LogP contribution in [-0.2, 0) is 4.79 Å². The van der Waals surface area contributed by atoms with Crippen molar-refractivity contribution in [2.24, 2.45) is 0 Å². The number of para-hydroxylation sites is 2. The highest BCUT2D eigenvalue weighted by Gasteiger charge is 2.32. The van der Waals surface area contributed by atoms with Crippen molar-refractivity contribution in [3.63, 3.8) is 0 Å². The maximum absolute atomic E-state index is 13.1. The molecular formula is C21H15NO4. The van der Waals surface area contributed by atoms with Gasteiger partial charge in [0.25, 0.3) is 0 Å². The predicted molar refractivity (Wildman–Crippen MR) is 96.8 cm³/mol. The monoisotopic (exact) mass is 345 g/mol. The van der Waals surface area contributed by atoms with Crippen molar-refractivity contribution in [2.75, 3.05) is 5.32 Å². The molecule has 0 aliphatic carbocycles. The molecule has 1 amide bonds. The molecule has 0 saturated heterocycles. The van der Waals surface area contributed by atoms with Gasteiger partial charge in [-0.25, -0.2) is 4.79 Å². The molecule has 0 saturated carbocycles. The number of hydrogen-bond acceptors (Lipinski definition) is 3. The Hall–Kier alpha value is -3.60. The zero-order chi connectivity index (χ0) is 18.1. The van der Waals surface area contributed by atoms with Crippen molar-refractivity contribution in [3.8, 4) is 11.5 Å². The van der Waals surface area contributed by atoms with Gasteiger partial charge in [-0.2, -0.15) is 0 Å². The second-order valence-corrected chi connectivity index (χ2v) is 5.99. The summed E-state index contributed by atoms with van der Waals surface area (Å²) >= 11 is 0. The van der Waals surface area contributed by atoms with Crippen LogP contribution in [0.4, 0.5) is 5.69 Å². The SMILES string of the molecule is O=C(O)c1cccc(NC(=O)C2c3ccccc3Oc3ccccc32)c1. The van der Waals surface area contributed by atoms with Crippen LogP contribution in [0.1, 0.15) is 27.4 Å². The number of carbonyl (C=O) groups excluding carboxylic acids is 1. The molecule has 0 atom stereocenters. The summed E-state index contributed by atoms with van der Waals surface area (Å²) in [7, 11) is 0.